The van der Waals surface area contributed by atoms with E-state index < -0.39 is 0 Å². The number of nitrogens with zero attached hydrogens (tertiary/aromatic N) is 3. The zero-order valence-electron chi connectivity index (χ0n) is 13.3. The average molecular weight is 282 g/mol. The Hall–Kier alpha value is -0.810. The molecule has 0 unspecified atom stereocenters. The number of rotatable bonds is 4. The molecule has 20 heavy (non-hydrogen) atoms. The maximum absolute atomic E-state index is 5.74. The predicted octanol–water partition coefficient (Wildman–Crippen LogP) is 1.16. The lowest BCUT2D eigenvalue weighted by Gasteiger charge is -2.37. The van der Waals surface area contributed by atoms with Crippen LogP contribution >= 0.6 is 0 Å². The van der Waals surface area contributed by atoms with Gasteiger partial charge >= 0.3 is 0 Å². The monoisotopic (exact) mass is 282 g/mol. The van der Waals surface area contributed by atoms with Crippen LogP contribution in [0.1, 0.15) is 33.6 Å². The molecule has 0 bridgehead atoms. The molecule has 2 aliphatic rings. The molecule has 2 heterocycles. The molecule has 0 spiro atoms. The second-order valence-electron chi connectivity index (χ2n) is 6.31. The molecule has 0 aromatic heterocycles. The molecular weight excluding hydrogens is 252 g/mol. The Bertz CT molecular complexity index is 324. The van der Waals surface area contributed by atoms with Crippen molar-refractivity contribution in [1.29, 1.82) is 0 Å². The molecule has 5 nitrogen and oxygen atoms in total. The molecule has 0 saturated carbocycles. The Labute approximate surface area is 123 Å². The third kappa shape index (κ3) is 4.63. The summed E-state index contributed by atoms with van der Waals surface area (Å²) in [5, 5.41) is 3.41. The van der Waals surface area contributed by atoms with Crippen molar-refractivity contribution in [2.45, 2.75) is 39.2 Å². The maximum atomic E-state index is 5.74. The zero-order chi connectivity index (χ0) is 14.4. The number of likely N-dealkylation sites (tertiary alicyclic amines) is 1. The van der Waals surface area contributed by atoms with Crippen molar-refractivity contribution < 1.29 is 4.74 Å². The second kappa shape index (κ2) is 7.27. The summed E-state index contributed by atoms with van der Waals surface area (Å²) >= 11 is 0. The van der Waals surface area contributed by atoms with Crippen LogP contribution < -0.4 is 5.32 Å². The summed E-state index contributed by atoms with van der Waals surface area (Å²) in [6.45, 7) is 14.5. The molecule has 0 aromatic rings. The minimum atomic E-state index is -0.0125. The standard InChI is InChI=1S/C15H30N4O/c1-4-16-14(19-8-5-6-9-19)17-7-10-18-11-12-20-15(2,3)13-18/h4-13H2,1-3H3,(H,16,17). The van der Waals surface area contributed by atoms with Crippen LogP contribution in [0, 0.1) is 0 Å². The molecule has 5 heteroatoms. The first-order valence-electron chi connectivity index (χ1n) is 8.00. The molecule has 0 aliphatic carbocycles. The first-order chi connectivity index (χ1) is 9.61. The summed E-state index contributed by atoms with van der Waals surface area (Å²) in [5.41, 5.74) is -0.0125. The topological polar surface area (TPSA) is 40.1 Å². The summed E-state index contributed by atoms with van der Waals surface area (Å²) in [7, 11) is 0. The highest BCUT2D eigenvalue weighted by atomic mass is 16.5. The molecule has 2 rings (SSSR count). The Morgan fingerprint density at radius 2 is 2.00 bits per heavy atom. The number of aliphatic imine (C=N–C) groups is 1. The molecule has 2 fully saturated rings. The minimum absolute atomic E-state index is 0.0125. The van der Waals surface area contributed by atoms with E-state index in [4.69, 9.17) is 9.73 Å². The second-order valence-corrected chi connectivity index (χ2v) is 6.31. The summed E-state index contributed by atoms with van der Waals surface area (Å²) < 4.78 is 5.74. The highest BCUT2D eigenvalue weighted by molar-refractivity contribution is 5.80. The van der Waals surface area contributed by atoms with Crippen molar-refractivity contribution in [3.8, 4) is 0 Å². The van der Waals surface area contributed by atoms with Gasteiger partial charge in [0, 0.05) is 39.3 Å². The van der Waals surface area contributed by atoms with E-state index in [0.717, 1.165) is 58.4 Å². The van der Waals surface area contributed by atoms with E-state index in [0.29, 0.717) is 0 Å². The summed E-state index contributed by atoms with van der Waals surface area (Å²) in [5.74, 6) is 1.09. The van der Waals surface area contributed by atoms with Crippen molar-refractivity contribution in [3.63, 3.8) is 0 Å². The molecule has 116 valence electrons. The van der Waals surface area contributed by atoms with Crippen LogP contribution in [-0.2, 0) is 4.74 Å². The summed E-state index contributed by atoms with van der Waals surface area (Å²) in [6.07, 6.45) is 2.59. The van der Waals surface area contributed by atoms with Crippen LogP contribution in [-0.4, -0.2) is 73.8 Å². The lowest BCUT2D eigenvalue weighted by Crippen LogP contribution is -2.49. The van der Waals surface area contributed by atoms with Gasteiger partial charge in [-0.05, 0) is 33.6 Å². The van der Waals surface area contributed by atoms with E-state index in [9.17, 15) is 0 Å². The molecule has 0 amide bonds. The van der Waals surface area contributed by atoms with Gasteiger partial charge in [0.05, 0.1) is 18.8 Å². The van der Waals surface area contributed by atoms with Gasteiger partial charge in [-0.2, -0.15) is 0 Å². The van der Waals surface area contributed by atoms with Crippen molar-refractivity contribution in [2.75, 3.05) is 52.4 Å². The van der Waals surface area contributed by atoms with Gasteiger partial charge in [0.2, 0.25) is 0 Å². The molecule has 0 aromatic carbocycles. The van der Waals surface area contributed by atoms with Gasteiger partial charge in [-0.3, -0.25) is 9.89 Å². The quantitative estimate of drug-likeness (QED) is 0.620. The zero-order valence-corrected chi connectivity index (χ0v) is 13.3. The Balaban J connectivity index is 1.80. The highest BCUT2D eigenvalue weighted by Gasteiger charge is 2.26. The van der Waals surface area contributed by atoms with Crippen LogP contribution in [0.4, 0.5) is 0 Å². The molecule has 0 atom stereocenters. The predicted molar refractivity (Wildman–Crippen MR) is 83.3 cm³/mol. The minimum Gasteiger partial charge on any atom is -0.373 e. The number of morpholine rings is 1. The van der Waals surface area contributed by atoms with Crippen molar-refractivity contribution in [1.82, 2.24) is 15.1 Å². The first-order valence-corrected chi connectivity index (χ1v) is 8.00. The smallest absolute Gasteiger partial charge is 0.193 e. The largest absolute Gasteiger partial charge is 0.373 e. The molecule has 1 N–H and O–H groups in total. The normalized spacial score (nSPS) is 24.1. The SMILES string of the molecule is CCNC(=NCCN1CCOC(C)(C)C1)N1CCCC1. The fraction of sp³-hybridized carbons (Fsp3) is 0.933. The van der Waals surface area contributed by atoms with Crippen molar-refractivity contribution in [3.05, 3.63) is 0 Å². The summed E-state index contributed by atoms with van der Waals surface area (Å²) in [4.78, 5) is 9.63. The van der Waals surface area contributed by atoms with Crippen LogP contribution in [0.2, 0.25) is 0 Å². The third-order valence-corrected chi connectivity index (χ3v) is 3.92. The van der Waals surface area contributed by atoms with Crippen LogP contribution in [0.3, 0.4) is 0 Å². The fourth-order valence-corrected chi connectivity index (χ4v) is 2.96. The fourth-order valence-electron chi connectivity index (χ4n) is 2.96. The van der Waals surface area contributed by atoms with E-state index in [1.54, 1.807) is 0 Å². The van der Waals surface area contributed by atoms with Gasteiger partial charge in [-0.25, -0.2) is 0 Å². The van der Waals surface area contributed by atoms with E-state index >= 15 is 0 Å². The molecule has 2 saturated heterocycles. The van der Waals surface area contributed by atoms with E-state index in [2.05, 4.69) is 35.9 Å². The molecule has 0 radical (unpaired) electrons. The van der Waals surface area contributed by atoms with E-state index in [-0.39, 0.29) is 5.60 Å². The van der Waals surface area contributed by atoms with Crippen LogP contribution in [0.25, 0.3) is 0 Å². The number of hydrogen-bond donors (Lipinski definition) is 1. The highest BCUT2D eigenvalue weighted by Crippen LogP contribution is 2.15. The van der Waals surface area contributed by atoms with Crippen molar-refractivity contribution >= 4 is 5.96 Å². The number of nitrogens with one attached hydrogen (secondary N) is 1. The van der Waals surface area contributed by atoms with E-state index in [1.807, 2.05) is 0 Å². The summed E-state index contributed by atoms with van der Waals surface area (Å²) in [6, 6.07) is 0. The Morgan fingerprint density at radius 3 is 2.65 bits per heavy atom. The number of ether oxygens (including phenoxy) is 1. The van der Waals surface area contributed by atoms with Gasteiger partial charge in [0.1, 0.15) is 0 Å². The van der Waals surface area contributed by atoms with E-state index in [1.165, 1.54) is 12.8 Å². The Morgan fingerprint density at radius 1 is 1.25 bits per heavy atom. The van der Waals surface area contributed by atoms with Gasteiger partial charge in [0.25, 0.3) is 0 Å². The first kappa shape index (κ1) is 15.6. The van der Waals surface area contributed by atoms with Gasteiger partial charge in [-0.1, -0.05) is 0 Å². The molecule has 2 aliphatic heterocycles. The van der Waals surface area contributed by atoms with Gasteiger partial charge in [-0.15, -0.1) is 0 Å². The lowest BCUT2D eigenvalue weighted by molar-refractivity contribution is -0.0850. The maximum Gasteiger partial charge on any atom is 0.193 e. The number of hydrogen-bond acceptors (Lipinski definition) is 3. The van der Waals surface area contributed by atoms with Gasteiger partial charge in [0.15, 0.2) is 5.96 Å². The van der Waals surface area contributed by atoms with Crippen LogP contribution in [0.15, 0.2) is 4.99 Å². The third-order valence-electron chi connectivity index (χ3n) is 3.92. The van der Waals surface area contributed by atoms with Crippen molar-refractivity contribution in [2.24, 2.45) is 4.99 Å². The number of guanidine groups is 1. The average Bonchev–Trinajstić information content (AvgIpc) is 2.90. The Kier molecular flexibility index (Phi) is 5.66. The molecular formula is C15H30N4O. The van der Waals surface area contributed by atoms with Gasteiger partial charge < -0.3 is 15.0 Å². The van der Waals surface area contributed by atoms with Crippen LogP contribution in [0.5, 0.6) is 0 Å². The lowest BCUT2D eigenvalue weighted by atomic mass is 10.1.